The number of halogens is 1. The van der Waals surface area contributed by atoms with Gasteiger partial charge in [-0.2, -0.15) is 4.31 Å². The molecule has 1 heterocycles. The lowest BCUT2D eigenvalue weighted by atomic mass is 9.86. The zero-order valence-electron chi connectivity index (χ0n) is 18.2. The van der Waals surface area contributed by atoms with Crippen LogP contribution in [0.15, 0.2) is 46.3 Å². The maximum Gasteiger partial charge on any atom is 0.243 e. The van der Waals surface area contributed by atoms with E-state index < -0.39 is 10.0 Å². The highest BCUT2D eigenvalue weighted by atomic mass is 35.5. The minimum Gasteiger partial charge on any atom is -0.388 e. The van der Waals surface area contributed by atoms with Crippen LogP contribution in [0.1, 0.15) is 32.6 Å². The van der Waals surface area contributed by atoms with Crippen LogP contribution in [0.25, 0.3) is 10.8 Å². The second-order valence-corrected chi connectivity index (χ2v) is 11.2. The highest BCUT2D eigenvalue weighted by Gasteiger charge is 2.34. The van der Waals surface area contributed by atoms with Gasteiger partial charge in [0, 0.05) is 24.7 Å². The molecule has 2 aromatic carbocycles. The maximum atomic E-state index is 13.2. The minimum atomic E-state index is -3.75. The van der Waals surface area contributed by atoms with Gasteiger partial charge in [-0.1, -0.05) is 23.7 Å². The molecule has 7 nitrogen and oxygen atoms in total. The van der Waals surface area contributed by atoms with Gasteiger partial charge in [-0.05, 0) is 73.6 Å². The number of aliphatic imine (C=N–C) groups is 1. The van der Waals surface area contributed by atoms with Crippen molar-refractivity contribution in [2.45, 2.75) is 43.5 Å². The number of rotatable bonds is 5. The largest absolute Gasteiger partial charge is 0.388 e. The Balaban J connectivity index is 1.38. The first-order chi connectivity index (χ1) is 15.2. The van der Waals surface area contributed by atoms with Crippen molar-refractivity contribution in [3.05, 3.63) is 41.4 Å². The summed E-state index contributed by atoms with van der Waals surface area (Å²) in [5.74, 6) is 0.917. The van der Waals surface area contributed by atoms with E-state index in [0.29, 0.717) is 36.4 Å². The number of piperazine rings is 1. The van der Waals surface area contributed by atoms with Crippen molar-refractivity contribution in [1.82, 2.24) is 9.21 Å². The molecule has 0 radical (unpaired) electrons. The van der Waals surface area contributed by atoms with E-state index in [1.807, 2.05) is 11.8 Å². The molecule has 0 bridgehead atoms. The number of carbonyl (C=O) groups is 1. The summed E-state index contributed by atoms with van der Waals surface area (Å²) in [5.41, 5.74) is 5.69. The summed E-state index contributed by atoms with van der Waals surface area (Å²) in [6, 6.07) is 10.6. The average Bonchev–Trinajstić information content (AvgIpc) is 2.75. The first kappa shape index (κ1) is 23.0. The molecule has 2 aromatic rings. The van der Waals surface area contributed by atoms with Crippen LogP contribution in [0, 0.1) is 5.92 Å². The second-order valence-electron chi connectivity index (χ2n) is 8.78. The molecule has 32 heavy (non-hydrogen) atoms. The quantitative estimate of drug-likeness (QED) is 0.529. The SMILES string of the molecule is CC(N)=NC1CCC(CN2CCN(S(=O)(=O)c3ccc4cc(Cl)ccc4c3)CC2=O)CC1. The molecular weight excluding hydrogens is 448 g/mol. The molecule has 1 aliphatic heterocycles. The number of fused-ring (bicyclic) bond motifs is 1. The van der Waals surface area contributed by atoms with Crippen molar-refractivity contribution in [3.8, 4) is 0 Å². The summed E-state index contributed by atoms with van der Waals surface area (Å²) in [7, 11) is -3.75. The van der Waals surface area contributed by atoms with E-state index in [-0.39, 0.29) is 23.4 Å². The number of amides is 1. The van der Waals surface area contributed by atoms with Crippen LogP contribution in [-0.2, 0) is 14.8 Å². The molecule has 1 saturated carbocycles. The average molecular weight is 477 g/mol. The highest BCUT2D eigenvalue weighted by molar-refractivity contribution is 7.89. The van der Waals surface area contributed by atoms with Crippen LogP contribution in [-0.4, -0.2) is 61.6 Å². The van der Waals surface area contributed by atoms with Crippen molar-refractivity contribution in [1.29, 1.82) is 0 Å². The van der Waals surface area contributed by atoms with Gasteiger partial charge < -0.3 is 10.6 Å². The smallest absolute Gasteiger partial charge is 0.243 e. The Morgan fingerprint density at radius 2 is 1.78 bits per heavy atom. The van der Waals surface area contributed by atoms with E-state index in [4.69, 9.17) is 17.3 Å². The number of carbonyl (C=O) groups excluding carboxylic acids is 1. The number of hydrogen-bond acceptors (Lipinski definition) is 4. The van der Waals surface area contributed by atoms with Gasteiger partial charge in [0.25, 0.3) is 0 Å². The van der Waals surface area contributed by atoms with E-state index in [1.54, 1.807) is 36.4 Å². The summed E-state index contributed by atoms with van der Waals surface area (Å²) in [5, 5.41) is 2.27. The van der Waals surface area contributed by atoms with Crippen molar-refractivity contribution < 1.29 is 13.2 Å². The van der Waals surface area contributed by atoms with Crippen molar-refractivity contribution >= 4 is 44.1 Å². The lowest BCUT2D eigenvalue weighted by molar-refractivity contribution is -0.134. The number of nitrogens with zero attached hydrogens (tertiary/aromatic N) is 3. The standard InChI is InChI=1S/C23H29ClN4O3S/c1-16(25)26-21-7-2-17(3-8-21)14-27-10-11-28(15-23(27)29)32(30,31)22-9-5-18-12-20(24)6-4-19(18)13-22/h4-6,9,12-13,17,21H,2-3,7-8,10-11,14-15H2,1H3,(H2,25,26). The molecule has 0 spiro atoms. The zero-order chi connectivity index (χ0) is 22.9. The van der Waals surface area contributed by atoms with Crippen LogP contribution in [0.5, 0.6) is 0 Å². The molecule has 2 aliphatic rings. The molecule has 4 rings (SSSR count). The first-order valence-electron chi connectivity index (χ1n) is 11.0. The summed E-state index contributed by atoms with van der Waals surface area (Å²) in [6.07, 6.45) is 3.98. The van der Waals surface area contributed by atoms with Crippen LogP contribution >= 0.6 is 11.6 Å². The van der Waals surface area contributed by atoms with E-state index in [9.17, 15) is 13.2 Å². The Labute approximate surface area is 194 Å². The Morgan fingerprint density at radius 3 is 2.47 bits per heavy atom. The normalized spacial score (nSPS) is 23.6. The molecule has 0 aromatic heterocycles. The number of benzene rings is 2. The molecule has 0 atom stereocenters. The van der Waals surface area contributed by atoms with Gasteiger partial charge in [-0.15, -0.1) is 0 Å². The zero-order valence-corrected chi connectivity index (χ0v) is 19.8. The first-order valence-corrected chi connectivity index (χ1v) is 12.8. The van der Waals surface area contributed by atoms with E-state index in [1.165, 1.54) is 4.31 Å². The second kappa shape index (κ2) is 9.37. The fourth-order valence-corrected chi connectivity index (χ4v) is 6.24. The number of hydrogen-bond donors (Lipinski definition) is 1. The van der Waals surface area contributed by atoms with Crippen molar-refractivity contribution in [2.75, 3.05) is 26.2 Å². The van der Waals surface area contributed by atoms with Gasteiger partial charge in [-0.3, -0.25) is 9.79 Å². The number of sulfonamides is 1. The Morgan fingerprint density at radius 1 is 1.09 bits per heavy atom. The highest BCUT2D eigenvalue weighted by Crippen LogP contribution is 2.29. The lowest BCUT2D eigenvalue weighted by Gasteiger charge is -2.37. The molecule has 9 heteroatoms. The van der Waals surface area contributed by atoms with Crippen molar-refractivity contribution in [2.24, 2.45) is 16.6 Å². The van der Waals surface area contributed by atoms with Crippen LogP contribution in [0.3, 0.4) is 0 Å². The van der Waals surface area contributed by atoms with Crippen LogP contribution in [0.2, 0.25) is 5.02 Å². The third kappa shape index (κ3) is 5.08. The Hall–Kier alpha value is -2.16. The lowest BCUT2D eigenvalue weighted by Crippen LogP contribution is -2.53. The van der Waals surface area contributed by atoms with Crippen molar-refractivity contribution in [3.63, 3.8) is 0 Å². The molecule has 0 unspecified atom stereocenters. The minimum absolute atomic E-state index is 0.118. The summed E-state index contributed by atoms with van der Waals surface area (Å²) in [4.78, 5) is 19.3. The summed E-state index contributed by atoms with van der Waals surface area (Å²) < 4.78 is 27.6. The monoisotopic (exact) mass is 476 g/mol. The molecular formula is C23H29ClN4O3S. The third-order valence-electron chi connectivity index (χ3n) is 6.38. The summed E-state index contributed by atoms with van der Waals surface area (Å²) >= 11 is 6.02. The topological polar surface area (TPSA) is 96.1 Å². The molecule has 1 saturated heterocycles. The molecule has 1 amide bonds. The molecule has 2 N–H and O–H groups in total. The van der Waals surface area contributed by atoms with E-state index in [2.05, 4.69) is 4.99 Å². The molecule has 2 fully saturated rings. The van der Waals surface area contributed by atoms with Gasteiger partial charge >= 0.3 is 0 Å². The summed E-state index contributed by atoms with van der Waals surface area (Å²) in [6.45, 7) is 3.10. The van der Waals surface area contributed by atoms with E-state index >= 15 is 0 Å². The fraction of sp³-hybridized carbons (Fsp3) is 0.478. The third-order valence-corrected chi connectivity index (χ3v) is 8.45. The van der Waals surface area contributed by atoms with Crippen LogP contribution < -0.4 is 5.73 Å². The van der Waals surface area contributed by atoms with Gasteiger partial charge in [0.1, 0.15) is 0 Å². The van der Waals surface area contributed by atoms with E-state index in [0.717, 1.165) is 36.5 Å². The van der Waals surface area contributed by atoms with Gasteiger partial charge in [-0.25, -0.2) is 8.42 Å². The number of amidine groups is 1. The number of nitrogens with two attached hydrogens (primary N) is 1. The predicted octanol–water partition coefficient (Wildman–Crippen LogP) is 3.26. The van der Waals surface area contributed by atoms with Gasteiger partial charge in [0.2, 0.25) is 15.9 Å². The fourth-order valence-electron chi connectivity index (χ4n) is 4.65. The molecule has 1 aliphatic carbocycles. The van der Waals surface area contributed by atoms with Gasteiger partial charge in [0.05, 0.1) is 23.3 Å². The van der Waals surface area contributed by atoms with Gasteiger partial charge in [0.15, 0.2) is 0 Å². The Kier molecular flexibility index (Phi) is 6.74. The predicted molar refractivity (Wildman–Crippen MR) is 127 cm³/mol. The Bertz CT molecular complexity index is 1140. The maximum absolute atomic E-state index is 13.2. The van der Waals surface area contributed by atoms with Crippen LogP contribution in [0.4, 0.5) is 0 Å². The molecule has 172 valence electrons.